The first-order valence-electron chi connectivity index (χ1n) is 4.78. The van der Waals surface area contributed by atoms with Gasteiger partial charge in [0.25, 0.3) is 0 Å². The fraction of sp³-hybridized carbons (Fsp3) is 0.455. The summed E-state index contributed by atoms with van der Waals surface area (Å²) >= 11 is -1.20. The lowest BCUT2D eigenvalue weighted by Gasteiger charge is -2.17. The Hall–Kier alpha value is -0.870. The average Bonchev–Trinajstić information content (AvgIpc) is 2.15. The highest BCUT2D eigenvalue weighted by Gasteiger charge is 2.25. The number of hydrogen-bond donors (Lipinski definition) is 0. The molecule has 0 fully saturated rings. The van der Waals surface area contributed by atoms with Gasteiger partial charge in [-0.3, -0.25) is 4.98 Å². The first-order valence-corrected chi connectivity index (χ1v) is 5.89. The topological polar surface area (TPSA) is 48.3 Å². The fourth-order valence-electron chi connectivity index (χ4n) is 0.822. The van der Waals surface area contributed by atoms with Crippen LogP contribution in [0, 0.1) is 6.92 Å². The van der Waals surface area contributed by atoms with E-state index in [1.54, 1.807) is 12.4 Å². The third-order valence-corrected chi connectivity index (χ3v) is 3.10. The molecule has 1 aromatic heterocycles. The number of pyridine rings is 1. The first kappa shape index (κ1) is 12.2. The molecule has 1 heterocycles. The molecule has 0 bridgehead atoms. The van der Waals surface area contributed by atoms with Gasteiger partial charge in [0.2, 0.25) is 0 Å². The zero-order chi connectivity index (χ0) is 11.5. The van der Waals surface area contributed by atoms with E-state index in [9.17, 15) is 4.55 Å². The minimum absolute atomic E-state index is 0.311. The van der Waals surface area contributed by atoms with E-state index >= 15 is 0 Å². The molecule has 0 radical (unpaired) electrons. The average molecular weight is 224 g/mol. The lowest BCUT2D eigenvalue weighted by Crippen LogP contribution is -2.25. The van der Waals surface area contributed by atoms with E-state index in [2.05, 4.69) is 9.38 Å². The number of nitrogens with zero attached hydrogens (tertiary/aromatic N) is 2. The van der Waals surface area contributed by atoms with Gasteiger partial charge in [0, 0.05) is 17.5 Å². The van der Waals surface area contributed by atoms with Crippen LogP contribution in [0.5, 0.6) is 0 Å². The zero-order valence-corrected chi connectivity index (χ0v) is 10.3. The Balaban J connectivity index is 2.70. The van der Waals surface area contributed by atoms with Crippen LogP contribution in [0.2, 0.25) is 0 Å². The summed E-state index contributed by atoms with van der Waals surface area (Å²) in [5.41, 5.74) is 1.84. The summed E-state index contributed by atoms with van der Waals surface area (Å²) in [6, 6.07) is 3.81. The molecule has 15 heavy (non-hydrogen) atoms. The molecule has 0 aromatic carbocycles. The highest BCUT2D eigenvalue weighted by molar-refractivity contribution is 7.91. The van der Waals surface area contributed by atoms with Crippen LogP contribution in [-0.2, 0) is 11.4 Å². The molecule has 1 rings (SSSR count). The minimum Gasteiger partial charge on any atom is -0.591 e. The van der Waals surface area contributed by atoms with Crippen molar-refractivity contribution in [1.82, 2.24) is 4.98 Å². The Morgan fingerprint density at radius 2 is 2.07 bits per heavy atom. The Bertz CT molecular complexity index is 341. The Kier molecular flexibility index (Phi) is 3.88. The maximum absolute atomic E-state index is 11.6. The number of aromatic nitrogens is 1. The van der Waals surface area contributed by atoms with Crippen molar-refractivity contribution in [3.8, 4) is 0 Å². The van der Waals surface area contributed by atoms with E-state index < -0.39 is 11.4 Å². The quantitative estimate of drug-likeness (QED) is 0.571. The van der Waals surface area contributed by atoms with Crippen LogP contribution in [0.25, 0.3) is 0 Å². The summed E-state index contributed by atoms with van der Waals surface area (Å²) in [4.78, 5) is 4.13. The number of aryl methyl sites for hydroxylation is 1. The van der Waals surface area contributed by atoms with Gasteiger partial charge in [-0.15, -0.1) is 0 Å². The van der Waals surface area contributed by atoms with Crippen LogP contribution < -0.4 is 0 Å². The fourth-order valence-corrected chi connectivity index (χ4v) is 1.36. The highest BCUT2D eigenvalue weighted by atomic mass is 32.2. The molecule has 0 saturated carbocycles. The summed E-state index contributed by atoms with van der Waals surface area (Å²) in [5.74, 6) is 0. The molecule has 0 aliphatic heterocycles. The Labute approximate surface area is 94.0 Å². The molecule has 0 N–H and O–H groups in total. The molecule has 1 atom stereocenters. The van der Waals surface area contributed by atoms with Gasteiger partial charge in [-0.1, -0.05) is 4.40 Å². The predicted molar refractivity (Wildman–Crippen MR) is 64.5 cm³/mol. The second-order valence-electron chi connectivity index (χ2n) is 4.33. The standard InChI is InChI=1S/C11H16N2OS/c1-9-5-6-10(7-12-9)8-13-15(14)11(2,3)4/h5-8H,1-4H3/b13-8+. The molecule has 0 spiro atoms. The van der Waals surface area contributed by atoms with E-state index in [-0.39, 0.29) is 4.75 Å². The van der Waals surface area contributed by atoms with Crippen LogP contribution in [0.4, 0.5) is 0 Å². The summed E-state index contributed by atoms with van der Waals surface area (Å²) in [5, 5.41) is 0. The molecular formula is C11H16N2OS. The third kappa shape index (κ3) is 4.01. The van der Waals surface area contributed by atoms with Gasteiger partial charge in [-0.05, 0) is 39.8 Å². The molecule has 0 saturated heterocycles. The molecule has 1 unspecified atom stereocenters. The molecule has 0 aliphatic carbocycles. The van der Waals surface area contributed by atoms with Gasteiger partial charge in [-0.2, -0.15) is 0 Å². The normalized spacial score (nSPS) is 14.5. The molecule has 3 nitrogen and oxygen atoms in total. The predicted octanol–water partition coefficient (Wildman–Crippen LogP) is 2.27. The van der Waals surface area contributed by atoms with Crippen molar-refractivity contribution >= 4 is 17.6 Å². The van der Waals surface area contributed by atoms with Crippen LogP contribution in [0.15, 0.2) is 22.7 Å². The van der Waals surface area contributed by atoms with Gasteiger partial charge in [0.1, 0.15) is 16.1 Å². The SMILES string of the molecule is Cc1ccc(/C=N/[S+]([O-])C(C)(C)C)cn1. The third-order valence-electron chi connectivity index (χ3n) is 1.76. The number of hydrogen-bond acceptors (Lipinski definition) is 3. The van der Waals surface area contributed by atoms with Crippen molar-refractivity contribution in [3.63, 3.8) is 0 Å². The van der Waals surface area contributed by atoms with Gasteiger partial charge in [0.15, 0.2) is 0 Å². The van der Waals surface area contributed by atoms with E-state index in [1.165, 1.54) is 0 Å². The first-order chi connectivity index (χ1) is 6.89. The number of rotatable bonds is 2. The van der Waals surface area contributed by atoms with Gasteiger partial charge >= 0.3 is 0 Å². The van der Waals surface area contributed by atoms with Crippen molar-refractivity contribution in [3.05, 3.63) is 29.6 Å². The summed E-state index contributed by atoms with van der Waals surface area (Å²) in [6.45, 7) is 7.61. The second kappa shape index (κ2) is 4.77. The van der Waals surface area contributed by atoms with Gasteiger partial charge in [-0.25, -0.2) is 0 Å². The Morgan fingerprint density at radius 3 is 2.53 bits per heavy atom. The van der Waals surface area contributed by atoms with E-state index in [4.69, 9.17) is 0 Å². The van der Waals surface area contributed by atoms with E-state index in [1.807, 2.05) is 39.8 Å². The molecule has 0 amide bonds. The maximum Gasteiger partial charge on any atom is 0.144 e. The van der Waals surface area contributed by atoms with Crippen molar-refractivity contribution in [2.75, 3.05) is 0 Å². The van der Waals surface area contributed by atoms with E-state index in [0.29, 0.717) is 0 Å². The molecule has 82 valence electrons. The van der Waals surface area contributed by atoms with Crippen molar-refractivity contribution in [1.29, 1.82) is 0 Å². The lowest BCUT2D eigenvalue weighted by atomic mass is 10.3. The van der Waals surface area contributed by atoms with Crippen molar-refractivity contribution in [2.24, 2.45) is 4.40 Å². The molecular weight excluding hydrogens is 208 g/mol. The van der Waals surface area contributed by atoms with Crippen LogP contribution in [0.3, 0.4) is 0 Å². The summed E-state index contributed by atoms with van der Waals surface area (Å²) in [7, 11) is 0. The summed E-state index contributed by atoms with van der Waals surface area (Å²) < 4.78 is 15.3. The summed E-state index contributed by atoms with van der Waals surface area (Å²) in [6.07, 6.45) is 3.33. The van der Waals surface area contributed by atoms with Gasteiger partial charge in [0.05, 0.1) is 6.21 Å². The van der Waals surface area contributed by atoms with Gasteiger partial charge < -0.3 is 4.55 Å². The smallest absolute Gasteiger partial charge is 0.144 e. The largest absolute Gasteiger partial charge is 0.591 e. The van der Waals surface area contributed by atoms with Crippen molar-refractivity contribution in [2.45, 2.75) is 32.4 Å². The zero-order valence-electron chi connectivity index (χ0n) is 9.52. The molecule has 4 heteroatoms. The lowest BCUT2D eigenvalue weighted by molar-refractivity contribution is 0.562. The van der Waals surface area contributed by atoms with Crippen LogP contribution >= 0.6 is 0 Å². The molecule has 0 aliphatic rings. The second-order valence-corrected chi connectivity index (χ2v) is 6.26. The van der Waals surface area contributed by atoms with Crippen molar-refractivity contribution < 1.29 is 4.55 Å². The highest BCUT2D eigenvalue weighted by Crippen LogP contribution is 2.16. The minimum atomic E-state index is -1.20. The van der Waals surface area contributed by atoms with Crippen LogP contribution in [0.1, 0.15) is 32.0 Å². The Morgan fingerprint density at radius 1 is 1.40 bits per heavy atom. The van der Waals surface area contributed by atoms with E-state index in [0.717, 1.165) is 11.3 Å². The maximum atomic E-state index is 11.6. The molecule has 1 aromatic rings. The van der Waals surface area contributed by atoms with Crippen LogP contribution in [-0.4, -0.2) is 20.5 Å². The monoisotopic (exact) mass is 224 g/mol.